The van der Waals surface area contributed by atoms with Crippen molar-refractivity contribution in [3.63, 3.8) is 0 Å². The first-order valence-corrected chi connectivity index (χ1v) is 14.3. The Bertz CT molecular complexity index is 1230. The van der Waals surface area contributed by atoms with E-state index >= 15 is 0 Å². The number of rotatable bonds is 14. The highest BCUT2D eigenvalue weighted by Gasteiger charge is 2.27. The molecule has 0 aliphatic heterocycles. The molecule has 1 fully saturated rings. The third-order valence-corrected chi connectivity index (χ3v) is 7.46. The second kappa shape index (κ2) is 14.9. The summed E-state index contributed by atoms with van der Waals surface area (Å²) in [6, 6.07) is 15.1. The Labute approximate surface area is 236 Å². The second-order valence-corrected chi connectivity index (χ2v) is 10.4. The highest BCUT2D eigenvalue weighted by atomic mass is 19.2. The van der Waals surface area contributed by atoms with Gasteiger partial charge in [0.05, 0.1) is 12.7 Å². The highest BCUT2D eigenvalue weighted by Crippen LogP contribution is 2.37. The summed E-state index contributed by atoms with van der Waals surface area (Å²) in [5.41, 5.74) is 2.33. The van der Waals surface area contributed by atoms with Crippen LogP contribution in [0.4, 0.5) is 13.2 Å². The van der Waals surface area contributed by atoms with Gasteiger partial charge in [0, 0.05) is 18.2 Å². The van der Waals surface area contributed by atoms with E-state index in [4.69, 9.17) is 14.2 Å². The average Bonchev–Trinajstić information content (AvgIpc) is 2.97. The number of hydrogen-bond donors (Lipinski definition) is 0. The van der Waals surface area contributed by atoms with Crippen LogP contribution in [0.1, 0.15) is 75.3 Å². The first kappa shape index (κ1) is 29.7. The zero-order valence-electron chi connectivity index (χ0n) is 23.3. The third-order valence-electron chi connectivity index (χ3n) is 7.46. The molecular weight excluding hydrogens is 513 g/mol. The van der Waals surface area contributed by atoms with Gasteiger partial charge in [-0.2, -0.15) is 4.39 Å². The Kier molecular flexibility index (Phi) is 11.1. The molecule has 0 amide bonds. The predicted octanol–water partition coefficient (Wildman–Crippen LogP) is 9.54. The first-order chi connectivity index (χ1) is 19.5. The van der Waals surface area contributed by atoms with Crippen molar-refractivity contribution in [2.75, 3.05) is 13.2 Å². The van der Waals surface area contributed by atoms with E-state index in [0.29, 0.717) is 29.0 Å². The highest BCUT2D eigenvalue weighted by molar-refractivity contribution is 5.65. The van der Waals surface area contributed by atoms with Crippen LogP contribution in [-0.2, 0) is 11.3 Å². The minimum absolute atomic E-state index is 0.0135. The molecule has 0 unspecified atom stereocenters. The molecule has 4 rings (SSSR count). The van der Waals surface area contributed by atoms with Gasteiger partial charge in [0.15, 0.2) is 11.6 Å². The number of allylic oxidation sites excluding steroid dienone is 1. The average molecular weight is 553 g/mol. The first-order valence-electron chi connectivity index (χ1n) is 14.3. The molecule has 1 aliphatic carbocycles. The standard InChI is InChI=1S/C34H39F3O3/c1-3-5-7-21-39-28-16-17-29(31(35)22-28)25-10-8-24(9-11-25)23-40-32-19-18-30(33(36)34(32)37)26-12-14-27(15-13-26)38-20-6-4-2/h3,8-11,16-19,22,26-27H,1,4-7,12-15,20-21,23H2,2H3. The maximum Gasteiger partial charge on any atom is 0.200 e. The maximum absolute atomic E-state index is 15.0. The summed E-state index contributed by atoms with van der Waals surface area (Å²) in [4.78, 5) is 0. The summed E-state index contributed by atoms with van der Waals surface area (Å²) >= 11 is 0. The molecule has 0 aromatic heterocycles. The Morgan fingerprint density at radius 1 is 0.850 bits per heavy atom. The van der Waals surface area contributed by atoms with Crippen LogP contribution >= 0.6 is 0 Å². The maximum atomic E-state index is 15.0. The van der Waals surface area contributed by atoms with E-state index in [1.54, 1.807) is 42.5 Å². The van der Waals surface area contributed by atoms with Crippen molar-refractivity contribution in [1.82, 2.24) is 0 Å². The Balaban J connectivity index is 1.31. The lowest BCUT2D eigenvalue weighted by Gasteiger charge is -2.29. The molecule has 1 aliphatic rings. The lowest BCUT2D eigenvalue weighted by Crippen LogP contribution is -2.22. The number of halogens is 3. The van der Waals surface area contributed by atoms with Crippen LogP contribution in [-0.4, -0.2) is 19.3 Å². The lowest BCUT2D eigenvalue weighted by molar-refractivity contribution is 0.0230. The van der Waals surface area contributed by atoms with Gasteiger partial charge in [0.1, 0.15) is 18.2 Å². The largest absolute Gasteiger partial charge is 0.493 e. The van der Waals surface area contributed by atoms with Crippen molar-refractivity contribution in [1.29, 1.82) is 0 Å². The summed E-state index contributed by atoms with van der Waals surface area (Å²) in [6.07, 6.45) is 9.15. The molecule has 0 heterocycles. The van der Waals surface area contributed by atoms with Crippen LogP contribution in [0.3, 0.4) is 0 Å². The SMILES string of the molecule is C=CCCCOc1ccc(-c2ccc(COc3ccc(C4CCC(OCCCC)CC4)c(F)c3F)cc2)c(F)c1. The molecule has 0 atom stereocenters. The van der Waals surface area contributed by atoms with E-state index in [1.165, 1.54) is 12.1 Å². The van der Waals surface area contributed by atoms with E-state index < -0.39 is 11.6 Å². The van der Waals surface area contributed by atoms with Crippen molar-refractivity contribution in [3.05, 3.63) is 95.8 Å². The van der Waals surface area contributed by atoms with Gasteiger partial charge in [-0.05, 0) is 85.8 Å². The van der Waals surface area contributed by atoms with Gasteiger partial charge in [0.2, 0.25) is 5.82 Å². The molecule has 3 nitrogen and oxygen atoms in total. The summed E-state index contributed by atoms with van der Waals surface area (Å²) in [5, 5.41) is 0. The smallest absolute Gasteiger partial charge is 0.200 e. The van der Waals surface area contributed by atoms with Crippen molar-refractivity contribution in [2.24, 2.45) is 0 Å². The fourth-order valence-corrected chi connectivity index (χ4v) is 5.09. The summed E-state index contributed by atoms with van der Waals surface area (Å²) in [6.45, 7) is 7.14. The van der Waals surface area contributed by atoms with Gasteiger partial charge in [-0.25, -0.2) is 8.78 Å². The number of hydrogen-bond acceptors (Lipinski definition) is 3. The van der Waals surface area contributed by atoms with Crippen molar-refractivity contribution >= 4 is 0 Å². The van der Waals surface area contributed by atoms with Crippen molar-refractivity contribution in [3.8, 4) is 22.6 Å². The van der Waals surface area contributed by atoms with Gasteiger partial charge in [0.25, 0.3) is 0 Å². The Hall–Kier alpha value is -3.25. The Morgan fingerprint density at radius 2 is 1.62 bits per heavy atom. The molecule has 6 heteroatoms. The molecule has 0 radical (unpaired) electrons. The topological polar surface area (TPSA) is 27.7 Å². The normalized spacial score (nSPS) is 17.0. The third kappa shape index (κ3) is 7.91. The van der Waals surface area contributed by atoms with Crippen molar-refractivity contribution < 1.29 is 27.4 Å². The van der Waals surface area contributed by atoms with Gasteiger partial charge in [-0.1, -0.05) is 49.8 Å². The van der Waals surface area contributed by atoms with Gasteiger partial charge in [-0.3, -0.25) is 0 Å². The minimum Gasteiger partial charge on any atom is -0.493 e. The molecule has 0 N–H and O–H groups in total. The monoisotopic (exact) mass is 552 g/mol. The fourth-order valence-electron chi connectivity index (χ4n) is 5.09. The number of unbranched alkanes of at least 4 members (excludes halogenated alkanes) is 2. The molecule has 0 spiro atoms. The van der Waals surface area contributed by atoms with Crippen LogP contribution in [0, 0.1) is 17.5 Å². The van der Waals surface area contributed by atoms with Crippen LogP contribution < -0.4 is 9.47 Å². The van der Waals surface area contributed by atoms with Crippen LogP contribution in [0.2, 0.25) is 0 Å². The van der Waals surface area contributed by atoms with E-state index in [-0.39, 0.29) is 30.2 Å². The number of ether oxygens (including phenoxy) is 3. The molecule has 40 heavy (non-hydrogen) atoms. The molecule has 3 aromatic carbocycles. The molecule has 214 valence electrons. The van der Waals surface area contributed by atoms with Crippen molar-refractivity contribution in [2.45, 2.75) is 76.9 Å². The van der Waals surface area contributed by atoms with Crippen LogP contribution in [0.5, 0.6) is 11.5 Å². The predicted molar refractivity (Wildman–Crippen MR) is 153 cm³/mol. The molecule has 3 aromatic rings. The van der Waals surface area contributed by atoms with E-state index in [1.807, 2.05) is 6.08 Å². The lowest BCUT2D eigenvalue weighted by atomic mass is 9.82. The summed E-state index contributed by atoms with van der Waals surface area (Å²) in [5.74, 6) is -1.80. The molecule has 1 saturated carbocycles. The van der Waals surface area contributed by atoms with Gasteiger partial charge < -0.3 is 14.2 Å². The molecule has 0 bridgehead atoms. The Morgan fingerprint density at radius 3 is 2.33 bits per heavy atom. The minimum atomic E-state index is -0.954. The van der Waals surface area contributed by atoms with E-state index in [2.05, 4.69) is 13.5 Å². The zero-order chi connectivity index (χ0) is 28.3. The summed E-state index contributed by atoms with van der Waals surface area (Å²) < 4.78 is 61.7. The van der Waals surface area contributed by atoms with E-state index in [0.717, 1.165) is 63.5 Å². The number of benzene rings is 3. The second-order valence-electron chi connectivity index (χ2n) is 10.4. The van der Waals surface area contributed by atoms with E-state index in [9.17, 15) is 13.2 Å². The van der Waals surface area contributed by atoms with Crippen LogP contribution in [0.15, 0.2) is 67.3 Å². The summed E-state index contributed by atoms with van der Waals surface area (Å²) in [7, 11) is 0. The molecule has 0 saturated heterocycles. The van der Waals surface area contributed by atoms with Crippen LogP contribution in [0.25, 0.3) is 11.1 Å². The zero-order valence-corrected chi connectivity index (χ0v) is 23.3. The van der Waals surface area contributed by atoms with Gasteiger partial charge in [-0.15, -0.1) is 6.58 Å². The molecular formula is C34H39F3O3. The van der Waals surface area contributed by atoms with Gasteiger partial charge >= 0.3 is 0 Å². The fraction of sp³-hybridized carbons (Fsp3) is 0.412. The quantitative estimate of drug-likeness (QED) is 0.147.